The van der Waals surface area contributed by atoms with E-state index in [0.29, 0.717) is 25.3 Å². The first-order chi connectivity index (χ1) is 8.56. The first kappa shape index (κ1) is 15.4. The molecule has 1 heterocycles. The second kappa shape index (κ2) is 7.73. The molecule has 1 rings (SSSR count). The number of hydrogen-bond donors (Lipinski definition) is 2. The van der Waals surface area contributed by atoms with E-state index in [1.807, 2.05) is 0 Å². The molecule has 0 spiro atoms. The van der Waals surface area contributed by atoms with Gasteiger partial charge in [-0.1, -0.05) is 13.3 Å². The van der Waals surface area contributed by atoms with Crippen LogP contribution in [0.15, 0.2) is 15.7 Å². The van der Waals surface area contributed by atoms with Crippen molar-refractivity contribution in [2.24, 2.45) is 0 Å². The molecule has 0 fully saturated rings. The van der Waals surface area contributed by atoms with Gasteiger partial charge in [-0.2, -0.15) is 0 Å². The number of rotatable bonds is 9. The topological polar surface area (TPSA) is 81.4 Å². The first-order valence-corrected chi connectivity index (χ1v) is 8.34. The molecule has 0 atom stereocenters. The summed E-state index contributed by atoms with van der Waals surface area (Å²) in [6, 6.07) is 1.46. The highest BCUT2D eigenvalue weighted by Crippen LogP contribution is 2.21. The second-order valence-electron chi connectivity index (χ2n) is 3.92. The van der Waals surface area contributed by atoms with E-state index in [9.17, 15) is 8.42 Å². The number of anilines is 1. The molecule has 5 nitrogen and oxygen atoms in total. The Labute approximate surface area is 112 Å². The van der Waals surface area contributed by atoms with Gasteiger partial charge in [0.2, 0.25) is 10.0 Å². The van der Waals surface area contributed by atoms with Gasteiger partial charge < -0.3 is 10.5 Å². The summed E-state index contributed by atoms with van der Waals surface area (Å²) in [4.78, 5) is 0. The normalized spacial score (nSPS) is 11.8. The van der Waals surface area contributed by atoms with Gasteiger partial charge in [0.05, 0.1) is 0 Å². The number of hydrogen-bond acceptors (Lipinski definition) is 5. The molecule has 0 aliphatic rings. The Morgan fingerprint density at radius 1 is 1.39 bits per heavy atom. The van der Waals surface area contributed by atoms with Crippen molar-refractivity contribution in [2.75, 3.05) is 25.5 Å². The van der Waals surface area contributed by atoms with Crippen molar-refractivity contribution in [1.29, 1.82) is 0 Å². The smallest absolute Gasteiger partial charge is 0.250 e. The molecule has 1 aromatic rings. The third-order valence-electron chi connectivity index (χ3n) is 2.26. The van der Waals surface area contributed by atoms with Gasteiger partial charge in [0, 0.05) is 30.8 Å². The van der Waals surface area contributed by atoms with Crippen molar-refractivity contribution < 1.29 is 13.2 Å². The maximum atomic E-state index is 11.8. The van der Waals surface area contributed by atoms with E-state index in [4.69, 9.17) is 10.5 Å². The zero-order chi connectivity index (χ0) is 13.4. The lowest BCUT2D eigenvalue weighted by Gasteiger charge is -2.05. The molecule has 0 aliphatic heterocycles. The summed E-state index contributed by atoms with van der Waals surface area (Å²) in [5.41, 5.74) is 5.97. The van der Waals surface area contributed by atoms with E-state index in [2.05, 4.69) is 11.6 Å². The van der Waals surface area contributed by atoms with Gasteiger partial charge in [0.25, 0.3) is 0 Å². The molecule has 0 saturated heterocycles. The summed E-state index contributed by atoms with van der Waals surface area (Å²) in [6.45, 7) is 3.80. The number of nitrogens with two attached hydrogens (primary N) is 1. The largest absolute Gasteiger partial charge is 0.398 e. The number of thiophene rings is 1. The van der Waals surface area contributed by atoms with Crippen LogP contribution >= 0.6 is 11.3 Å². The Kier molecular flexibility index (Phi) is 6.62. The van der Waals surface area contributed by atoms with Crippen molar-refractivity contribution in [1.82, 2.24) is 4.72 Å². The monoisotopic (exact) mass is 292 g/mol. The van der Waals surface area contributed by atoms with Gasteiger partial charge in [-0.3, -0.25) is 0 Å². The van der Waals surface area contributed by atoms with Crippen molar-refractivity contribution in [2.45, 2.75) is 30.4 Å². The fourth-order valence-electron chi connectivity index (χ4n) is 1.27. The van der Waals surface area contributed by atoms with Crippen LogP contribution in [-0.4, -0.2) is 28.2 Å². The Hall–Kier alpha value is -0.630. The van der Waals surface area contributed by atoms with E-state index >= 15 is 0 Å². The summed E-state index contributed by atoms with van der Waals surface area (Å²) >= 11 is 1.12. The van der Waals surface area contributed by atoms with Crippen LogP contribution in [0.3, 0.4) is 0 Å². The fourth-order valence-corrected chi connectivity index (χ4v) is 3.47. The zero-order valence-electron chi connectivity index (χ0n) is 10.5. The number of unbranched alkanes of at least 4 members (excludes halogenated alkanes) is 1. The van der Waals surface area contributed by atoms with E-state index in [-0.39, 0.29) is 4.21 Å². The number of sulfonamides is 1. The first-order valence-electron chi connectivity index (χ1n) is 5.97. The van der Waals surface area contributed by atoms with Crippen molar-refractivity contribution >= 4 is 27.0 Å². The average molecular weight is 292 g/mol. The van der Waals surface area contributed by atoms with Crippen LogP contribution in [0, 0.1) is 0 Å². The Morgan fingerprint density at radius 3 is 2.72 bits per heavy atom. The van der Waals surface area contributed by atoms with Crippen LogP contribution in [0.5, 0.6) is 0 Å². The maximum Gasteiger partial charge on any atom is 0.250 e. The SMILES string of the molecule is CCCCOCCCNS(=O)(=O)c1cc(N)cs1. The maximum absolute atomic E-state index is 11.8. The standard InChI is InChI=1S/C11H20N2O3S2/c1-2-3-6-16-7-4-5-13-18(14,15)11-8-10(12)9-17-11/h8-9,13H,2-7,12H2,1H3. The van der Waals surface area contributed by atoms with Gasteiger partial charge in [-0.25, -0.2) is 13.1 Å². The lowest BCUT2D eigenvalue weighted by atomic mass is 10.4. The number of nitrogen functional groups attached to an aromatic ring is 1. The third-order valence-corrected chi connectivity index (χ3v) is 5.18. The molecule has 18 heavy (non-hydrogen) atoms. The molecule has 3 N–H and O–H groups in total. The third kappa shape index (κ3) is 5.34. The van der Waals surface area contributed by atoms with E-state index in [1.165, 1.54) is 6.07 Å². The van der Waals surface area contributed by atoms with E-state index in [0.717, 1.165) is 30.8 Å². The predicted octanol–water partition coefficient (Wildman–Crippen LogP) is 1.82. The minimum Gasteiger partial charge on any atom is -0.398 e. The van der Waals surface area contributed by atoms with Crippen LogP contribution in [0.25, 0.3) is 0 Å². The molecule has 0 saturated carbocycles. The van der Waals surface area contributed by atoms with Crippen molar-refractivity contribution in [3.63, 3.8) is 0 Å². The highest BCUT2D eigenvalue weighted by Gasteiger charge is 2.15. The molecule has 0 bridgehead atoms. The van der Waals surface area contributed by atoms with Crippen LogP contribution in [0.1, 0.15) is 26.2 Å². The van der Waals surface area contributed by atoms with Gasteiger partial charge in [0.15, 0.2) is 0 Å². The summed E-state index contributed by atoms with van der Waals surface area (Å²) < 4.78 is 31.7. The average Bonchev–Trinajstić information content (AvgIpc) is 2.75. The molecule has 0 amide bonds. The summed E-state index contributed by atoms with van der Waals surface area (Å²) in [5.74, 6) is 0. The quantitative estimate of drug-likeness (QED) is 0.680. The summed E-state index contributed by atoms with van der Waals surface area (Å²) in [7, 11) is -3.40. The number of ether oxygens (including phenoxy) is 1. The summed E-state index contributed by atoms with van der Waals surface area (Å²) in [5, 5.41) is 1.61. The minimum atomic E-state index is -3.40. The lowest BCUT2D eigenvalue weighted by molar-refractivity contribution is 0.130. The highest BCUT2D eigenvalue weighted by molar-refractivity contribution is 7.91. The lowest BCUT2D eigenvalue weighted by Crippen LogP contribution is -2.24. The van der Waals surface area contributed by atoms with Crippen LogP contribution in [0.2, 0.25) is 0 Å². The Bertz CT molecular complexity index is 443. The van der Waals surface area contributed by atoms with E-state index < -0.39 is 10.0 Å². The van der Waals surface area contributed by atoms with E-state index in [1.54, 1.807) is 5.38 Å². The fraction of sp³-hybridized carbons (Fsp3) is 0.636. The highest BCUT2D eigenvalue weighted by atomic mass is 32.2. The Balaban J connectivity index is 2.22. The van der Waals surface area contributed by atoms with Crippen LogP contribution < -0.4 is 10.5 Å². The summed E-state index contributed by atoms with van der Waals surface area (Å²) in [6.07, 6.45) is 2.82. The van der Waals surface area contributed by atoms with Crippen LogP contribution in [0.4, 0.5) is 5.69 Å². The van der Waals surface area contributed by atoms with Crippen molar-refractivity contribution in [3.05, 3.63) is 11.4 Å². The minimum absolute atomic E-state index is 0.256. The van der Waals surface area contributed by atoms with Gasteiger partial charge >= 0.3 is 0 Å². The predicted molar refractivity (Wildman–Crippen MR) is 74.3 cm³/mol. The zero-order valence-corrected chi connectivity index (χ0v) is 12.1. The molecule has 1 aromatic heterocycles. The molecular weight excluding hydrogens is 272 g/mol. The van der Waals surface area contributed by atoms with Gasteiger partial charge in [-0.05, 0) is 18.9 Å². The molecule has 104 valence electrons. The van der Waals surface area contributed by atoms with Crippen LogP contribution in [-0.2, 0) is 14.8 Å². The Morgan fingerprint density at radius 2 is 2.11 bits per heavy atom. The molecule has 0 aliphatic carbocycles. The molecule has 0 aromatic carbocycles. The van der Waals surface area contributed by atoms with Gasteiger partial charge in [0.1, 0.15) is 4.21 Å². The molecule has 7 heteroatoms. The second-order valence-corrected chi connectivity index (χ2v) is 6.82. The van der Waals surface area contributed by atoms with Crippen molar-refractivity contribution in [3.8, 4) is 0 Å². The molecular formula is C11H20N2O3S2. The molecule has 0 radical (unpaired) electrons. The number of nitrogens with one attached hydrogen (secondary N) is 1. The van der Waals surface area contributed by atoms with Gasteiger partial charge in [-0.15, -0.1) is 11.3 Å². The molecule has 0 unspecified atom stereocenters.